The summed E-state index contributed by atoms with van der Waals surface area (Å²) in [7, 11) is 0. The number of rotatable bonds is 1. The summed E-state index contributed by atoms with van der Waals surface area (Å²) >= 11 is 7.13. The lowest BCUT2D eigenvalue weighted by molar-refractivity contribution is -0.121. The molecular weight excluding hydrogens is 349 g/mol. The van der Waals surface area contributed by atoms with Gasteiger partial charge < -0.3 is 0 Å². The molecule has 0 aromatic carbocycles. The molecule has 0 N–H and O–H groups in total. The van der Waals surface area contributed by atoms with E-state index in [1.54, 1.807) is 6.08 Å². The van der Waals surface area contributed by atoms with Crippen molar-refractivity contribution in [3.8, 4) is 0 Å². The number of carbonyl (C=O) groups is 1. The molecule has 1 nitrogen and oxygen atoms in total. The Kier molecular flexibility index (Phi) is 3.93. The molecule has 0 saturated heterocycles. The molecule has 0 aromatic heterocycles. The number of ketones is 1. The zero-order valence-electron chi connectivity index (χ0n) is 14.8. The van der Waals surface area contributed by atoms with Gasteiger partial charge in [0.15, 0.2) is 5.78 Å². The molecule has 0 aliphatic heterocycles. The van der Waals surface area contributed by atoms with Crippen molar-refractivity contribution in [3.63, 3.8) is 0 Å². The summed E-state index contributed by atoms with van der Waals surface area (Å²) in [6.45, 7) is 3.86. The highest BCUT2D eigenvalue weighted by molar-refractivity contribution is 6.26. The van der Waals surface area contributed by atoms with Gasteiger partial charge >= 0.3 is 0 Å². The van der Waals surface area contributed by atoms with Crippen LogP contribution >= 0.6 is 11.6 Å². The van der Waals surface area contributed by atoms with Crippen molar-refractivity contribution >= 4 is 17.4 Å². The summed E-state index contributed by atoms with van der Waals surface area (Å²) in [5.74, 6) is -0.676. The predicted molar refractivity (Wildman–Crippen MR) is 91.6 cm³/mol. The third-order valence-corrected chi connectivity index (χ3v) is 9.31. The van der Waals surface area contributed by atoms with Crippen LogP contribution in [0.1, 0.15) is 58.8 Å². The van der Waals surface area contributed by atoms with Crippen molar-refractivity contribution in [2.45, 2.75) is 76.3 Å². The summed E-state index contributed by atoms with van der Waals surface area (Å²) in [5.41, 5.74) is -0.238. The summed E-state index contributed by atoms with van der Waals surface area (Å²) < 4.78 is 42.8. The lowest BCUT2D eigenvalue weighted by Gasteiger charge is -2.63. The maximum atomic E-state index is 15.6. The van der Waals surface area contributed by atoms with E-state index < -0.39 is 34.2 Å². The minimum atomic E-state index is -2.40. The molecule has 0 radical (unpaired) electrons. The van der Waals surface area contributed by atoms with Gasteiger partial charge in [0.2, 0.25) is 6.43 Å². The summed E-state index contributed by atoms with van der Waals surface area (Å²) in [6, 6.07) is 0. The van der Waals surface area contributed by atoms with Crippen molar-refractivity contribution in [2.24, 2.45) is 28.6 Å². The highest BCUT2D eigenvalue weighted by atomic mass is 35.5. The van der Waals surface area contributed by atoms with Crippen molar-refractivity contribution in [1.29, 1.82) is 0 Å². The fourth-order valence-corrected chi connectivity index (χ4v) is 7.51. The van der Waals surface area contributed by atoms with Gasteiger partial charge in [-0.1, -0.05) is 19.4 Å². The van der Waals surface area contributed by atoms with Crippen LogP contribution in [0.2, 0.25) is 0 Å². The highest BCUT2D eigenvalue weighted by Crippen LogP contribution is 2.71. The van der Waals surface area contributed by atoms with Crippen LogP contribution in [0.5, 0.6) is 0 Å². The van der Waals surface area contributed by atoms with E-state index in [1.165, 1.54) is 0 Å². The summed E-state index contributed by atoms with van der Waals surface area (Å²) in [4.78, 5) is 10.8. The number of hydrogen-bond acceptors (Lipinski definition) is 1. The zero-order valence-corrected chi connectivity index (χ0v) is 15.6. The van der Waals surface area contributed by atoms with Gasteiger partial charge in [-0.05, 0) is 61.9 Å². The van der Waals surface area contributed by atoms with Gasteiger partial charge in [0.1, 0.15) is 6.17 Å². The lowest BCUT2D eigenvalue weighted by Crippen LogP contribution is -2.65. The molecule has 4 aliphatic carbocycles. The van der Waals surface area contributed by atoms with Crippen molar-refractivity contribution in [1.82, 2.24) is 0 Å². The minimum absolute atomic E-state index is 0.0482. The number of allylic oxidation sites excluding steroid dienone is 1. The van der Waals surface area contributed by atoms with Gasteiger partial charge in [0.05, 0.1) is 4.87 Å². The van der Waals surface area contributed by atoms with Gasteiger partial charge in [-0.3, -0.25) is 4.79 Å². The standard InChI is InChI=1S/C20H26ClF3O/c1-18-10-16(22)20(21)14(13(18)5-6-15(18)17(23)24)4-3-11-9-12(25)7-8-19(11,20)2/h9,13-17H,3-8,10H2,1-2H3/t13-,14-,15?,16?,18-,19-,20+/m0/s1. The number of alkyl halides is 4. The Balaban J connectivity index is 1.78. The predicted octanol–water partition coefficient (Wildman–Crippen LogP) is 5.71. The van der Waals surface area contributed by atoms with Gasteiger partial charge in [-0.15, -0.1) is 11.6 Å². The van der Waals surface area contributed by atoms with Crippen LogP contribution in [-0.2, 0) is 4.79 Å². The van der Waals surface area contributed by atoms with E-state index in [0.717, 1.165) is 12.0 Å². The van der Waals surface area contributed by atoms with Crippen LogP contribution in [0.15, 0.2) is 11.6 Å². The quantitative estimate of drug-likeness (QED) is 0.537. The van der Waals surface area contributed by atoms with E-state index >= 15 is 4.39 Å². The second-order valence-corrected chi connectivity index (χ2v) is 9.81. The van der Waals surface area contributed by atoms with Crippen molar-refractivity contribution in [2.75, 3.05) is 0 Å². The molecule has 4 aliphatic rings. The van der Waals surface area contributed by atoms with Crippen LogP contribution in [0.4, 0.5) is 13.2 Å². The number of carbonyl (C=O) groups excluding carboxylic acids is 1. The van der Waals surface area contributed by atoms with Gasteiger partial charge in [0.25, 0.3) is 0 Å². The molecule has 0 heterocycles. The second-order valence-electron chi connectivity index (χ2n) is 9.18. The number of halogens is 4. The molecule has 7 atom stereocenters. The van der Waals surface area contributed by atoms with E-state index in [4.69, 9.17) is 11.6 Å². The molecule has 0 bridgehead atoms. The molecule has 3 saturated carbocycles. The Labute approximate surface area is 152 Å². The smallest absolute Gasteiger partial charge is 0.241 e. The maximum absolute atomic E-state index is 15.6. The average Bonchev–Trinajstić information content (AvgIpc) is 2.87. The molecule has 0 aromatic rings. The first-order chi connectivity index (χ1) is 11.6. The third-order valence-electron chi connectivity index (χ3n) is 8.37. The monoisotopic (exact) mass is 374 g/mol. The molecule has 140 valence electrons. The van der Waals surface area contributed by atoms with Crippen LogP contribution < -0.4 is 0 Å². The van der Waals surface area contributed by atoms with Gasteiger partial charge in [-0.25, -0.2) is 13.2 Å². The molecule has 5 heteroatoms. The topological polar surface area (TPSA) is 17.1 Å². The number of hydrogen-bond donors (Lipinski definition) is 0. The summed E-state index contributed by atoms with van der Waals surface area (Å²) in [5, 5.41) is 0. The van der Waals surface area contributed by atoms with E-state index in [1.807, 2.05) is 13.8 Å². The maximum Gasteiger partial charge on any atom is 0.241 e. The number of fused-ring (bicyclic) bond motifs is 5. The van der Waals surface area contributed by atoms with Gasteiger partial charge in [0, 0.05) is 17.8 Å². The van der Waals surface area contributed by atoms with E-state index in [2.05, 4.69) is 0 Å². The largest absolute Gasteiger partial charge is 0.295 e. The fourth-order valence-electron chi connectivity index (χ4n) is 6.95. The Bertz CT molecular complexity index is 634. The Morgan fingerprint density at radius 2 is 1.88 bits per heavy atom. The average molecular weight is 375 g/mol. The fraction of sp³-hybridized carbons (Fsp3) is 0.850. The van der Waals surface area contributed by atoms with Crippen LogP contribution in [0.25, 0.3) is 0 Å². The lowest BCUT2D eigenvalue weighted by atomic mass is 9.45. The Morgan fingerprint density at radius 3 is 2.56 bits per heavy atom. The first-order valence-corrected chi connectivity index (χ1v) is 9.87. The zero-order chi connectivity index (χ0) is 18.2. The van der Waals surface area contributed by atoms with Gasteiger partial charge in [-0.2, -0.15) is 0 Å². The third kappa shape index (κ3) is 2.12. The van der Waals surface area contributed by atoms with Crippen LogP contribution in [0.3, 0.4) is 0 Å². The van der Waals surface area contributed by atoms with Crippen LogP contribution in [-0.4, -0.2) is 23.3 Å². The Hall–Kier alpha value is -0.510. The SMILES string of the molecule is C[C@]12CCC(=O)C=C1CC[C@H]1[C@@H]3CCC(C(F)F)[C@@]3(C)CC(F)[C@]12Cl. The molecule has 25 heavy (non-hydrogen) atoms. The molecule has 2 unspecified atom stereocenters. The normalized spacial score (nSPS) is 52.4. The van der Waals surface area contributed by atoms with E-state index in [0.29, 0.717) is 32.1 Å². The van der Waals surface area contributed by atoms with Crippen LogP contribution in [0, 0.1) is 28.6 Å². The second kappa shape index (κ2) is 5.50. The summed E-state index contributed by atoms with van der Waals surface area (Å²) in [6.07, 6.45) is 1.67. The molecule has 4 rings (SSSR count). The van der Waals surface area contributed by atoms with E-state index in [-0.39, 0.29) is 24.0 Å². The van der Waals surface area contributed by atoms with Crippen molar-refractivity contribution in [3.05, 3.63) is 11.6 Å². The first kappa shape index (κ1) is 17.9. The minimum Gasteiger partial charge on any atom is -0.295 e. The highest BCUT2D eigenvalue weighted by Gasteiger charge is 2.70. The molecule has 3 fully saturated rings. The molecule has 0 spiro atoms. The first-order valence-electron chi connectivity index (χ1n) is 9.49. The van der Waals surface area contributed by atoms with E-state index in [9.17, 15) is 13.6 Å². The Morgan fingerprint density at radius 1 is 1.16 bits per heavy atom. The van der Waals surface area contributed by atoms with Crippen molar-refractivity contribution < 1.29 is 18.0 Å². The molecule has 0 amide bonds. The molecular formula is C20H26ClF3O.